The van der Waals surface area contributed by atoms with Crippen molar-refractivity contribution in [3.63, 3.8) is 0 Å². The molecule has 0 bridgehead atoms. The first-order valence-corrected chi connectivity index (χ1v) is 9.05. The molecule has 7 nitrogen and oxygen atoms in total. The van der Waals surface area contributed by atoms with Crippen molar-refractivity contribution in [2.24, 2.45) is 0 Å². The molecule has 0 saturated heterocycles. The van der Waals surface area contributed by atoms with Crippen LogP contribution >= 0.6 is 11.6 Å². The highest BCUT2D eigenvalue weighted by Gasteiger charge is 2.12. The molecule has 2 heterocycles. The minimum atomic E-state index is -0.200. The topological polar surface area (TPSA) is 77.6 Å². The Hall–Kier alpha value is -3.45. The third-order valence-corrected chi connectivity index (χ3v) is 4.62. The van der Waals surface area contributed by atoms with Crippen LogP contribution in [0.5, 0.6) is 0 Å². The van der Waals surface area contributed by atoms with E-state index in [0.717, 1.165) is 16.8 Å². The van der Waals surface area contributed by atoms with E-state index in [4.69, 9.17) is 11.6 Å². The molecule has 2 aromatic heterocycles. The molecule has 0 atom stereocenters. The third kappa shape index (κ3) is 3.94. The molecule has 0 spiro atoms. The van der Waals surface area contributed by atoms with Crippen LogP contribution in [0.4, 0.5) is 0 Å². The van der Waals surface area contributed by atoms with Crippen LogP contribution in [0, 0.1) is 0 Å². The van der Waals surface area contributed by atoms with E-state index in [1.807, 2.05) is 42.5 Å². The lowest BCUT2D eigenvalue weighted by molar-refractivity contribution is 0.0951. The number of rotatable bonds is 6. The molecule has 0 radical (unpaired) electrons. The highest BCUT2D eigenvalue weighted by molar-refractivity contribution is 6.32. The lowest BCUT2D eigenvalue weighted by atomic mass is 10.1. The quantitative estimate of drug-likeness (QED) is 0.547. The van der Waals surface area contributed by atoms with E-state index in [2.05, 4.69) is 20.5 Å². The van der Waals surface area contributed by atoms with Gasteiger partial charge in [0.15, 0.2) is 0 Å². The number of hydrogen-bond acceptors (Lipinski definition) is 4. The van der Waals surface area contributed by atoms with E-state index in [9.17, 15) is 4.79 Å². The van der Waals surface area contributed by atoms with Crippen molar-refractivity contribution in [3.05, 3.63) is 95.3 Å². The molecule has 4 aromatic rings. The lowest BCUT2D eigenvalue weighted by Crippen LogP contribution is -2.23. The van der Waals surface area contributed by atoms with Gasteiger partial charge in [-0.25, -0.2) is 14.3 Å². The predicted molar refractivity (Wildman–Crippen MR) is 105 cm³/mol. The van der Waals surface area contributed by atoms with Crippen molar-refractivity contribution >= 4 is 17.5 Å². The molecule has 2 aromatic carbocycles. The van der Waals surface area contributed by atoms with Crippen LogP contribution in [0.3, 0.4) is 0 Å². The molecule has 0 saturated carbocycles. The van der Waals surface area contributed by atoms with Gasteiger partial charge >= 0.3 is 0 Å². The smallest absolute Gasteiger partial charge is 0.254 e. The van der Waals surface area contributed by atoms with Crippen LogP contribution in [0.2, 0.25) is 5.02 Å². The van der Waals surface area contributed by atoms with Gasteiger partial charge in [-0.15, -0.1) is 0 Å². The second kappa shape index (κ2) is 8.06. The molecule has 0 fully saturated rings. The van der Waals surface area contributed by atoms with Crippen molar-refractivity contribution < 1.29 is 4.79 Å². The molecule has 140 valence electrons. The van der Waals surface area contributed by atoms with Crippen LogP contribution in [0.15, 0.2) is 73.6 Å². The van der Waals surface area contributed by atoms with E-state index in [0.29, 0.717) is 23.7 Å². The Morgan fingerprint density at radius 2 is 1.82 bits per heavy atom. The number of para-hydroxylation sites is 1. The van der Waals surface area contributed by atoms with Crippen molar-refractivity contribution in [1.82, 2.24) is 29.9 Å². The summed E-state index contributed by atoms with van der Waals surface area (Å²) >= 11 is 6.19. The van der Waals surface area contributed by atoms with Crippen LogP contribution in [-0.2, 0) is 13.1 Å². The van der Waals surface area contributed by atoms with E-state index in [1.165, 1.54) is 12.5 Å². The number of aromatic nitrogens is 5. The molecule has 1 amide bonds. The molecule has 1 N–H and O–H groups in total. The third-order valence-electron chi connectivity index (χ3n) is 4.30. The zero-order chi connectivity index (χ0) is 19.3. The fraction of sp³-hybridized carbons (Fsp3) is 0.100. The van der Waals surface area contributed by atoms with Crippen LogP contribution in [-0.4, -0.2) is 30.5 Å². The summed E-state index contributed by atoms with van der Waals surface area (Å²) in [6.07, 6.45) is 6.36. The fourth-order valence-electron chi connectivity index (χ4n) is 2.86. The zero-order valence-corrected chi connectivity index (χ0v) is 15.6. The number of nitrogens with zero attached hydrogens (tertiary/aromatic N) is 5. The van der Waals surface area contributed by atoms with Crippen molar-refractivity contribution in [1.29, 1.82) is 0 Å². The molecular formula is C20H17ClN6O. The number of halogens is 1. The molecule has 28 heavy (non-hydrogen) atoms. The first kappa shape index (κ1) is 17.9. The summed E-state index contributed by atoms with van der Waals surface area (Å²) in [6, 6.07) is 15.3. The molecule has 0 unspecified atom stereocenters. The van der Waals surface area contributed by atoms with Gasteiger partial charge in [-0.3, -0.25) is 4.79 Å². The Morgan fingerprint density at radius 3 is 2.61 bits per heavy atom. The van der Waals surface area contributed by atoms with Crippen LogP contribution in [0.1, 0.15) is 21.5 Å². The van der Waals surface area contributed by atoms with Gasteiger partial charge in [-0.1, -0.05) is 48.0 Å². The summed E-state index contributed by atoms with van der Waals surface area (Å²) in [7, 11) is 0. The molecule has 4 rings (SSSR count). The number of carbonyl (C=O) groups is 1. The Kier molecular flexibility index (Phi) is 5.16. The van der Waals surface area contributed by atoms with Gasteiger partial charge in [0.2, 0.25) is 0 Å². The number of benzene rings is 2. The van der Waals surface area contributed by atoms with Gasteiger partial charge in [0.25, 0.3) is 5.91 Å². The summed E-state index contributed by atoms with van der Waals surface area (Å²) in [4.78, 5) is 16.5. The number of amides is 1. The summed E-state index contributed by atoms with van der Waals surface area (Å²) in [5.74, 6) is -0.200. The van der Waals surface area contributed by atoms with E-state index >= 15 is 0 Å². The van der Waals surface area contributed by atoms with E-state index in [-0.39, 0.29) is 5.91 Å². The highest BCUT2D eigenvalue weighted by Crippen LogP contribution is 2.19. The maximum atomic E-state index is 12.6. The number of nitrogens with one attached hydrogen (secondary N) is 1. The minimum absolute atomic E-state index is 0.200. The highest BCUT2D eigenvalue weighted by atomic mass is 35.5. The summed E-state index contributed by atoms with van der Waals surface area (Å²) in [5.41, 5.74) is 3.28. The Morgan fingerprint density at radius 1 is 1.04 bits per heavy atom. The second-order valence-corrected chi connectivity index (χ2v) is 6.58. The van der Waals surface area contributed by atoms with Crippen molar-refractivity contribution in [2.75, 3.05) is 0 Å². The molecular weight excluding hydrogens is 376 g/mol. The van der Waals surface area contributed by atoms with E-state index < -0.39 is 0 Å². The number of hydrogen-bond donors (Lipinski definition) is 1. The maximum absolute atomic E-state index is 12.6. The largest absolute Gasteiger partial charge is 0.348 e. The lowest BCUT2D eigenvalue weighted by Gasteiger charge is -2.10. The zero-order valence-electron chi connectivity index (χ0n) is 14.9. The predicted octanol–water partition coefficient (Wildman–Crippen LogP) is 3.10. The van der Waals surface area contributed by atoms with Crippen LogP contribution in [0.25, 0.3) is 5.69 Å². The molecule has 8 heteroatoms. The van der Waals surface area contributed by atoms with Gasteiger partial charge < -0.3 is 5.32 Å². The fourth-order valence-corrected chi connectivity index (χ4v) is 3.08. The Labute approximate surface area is 166 Å². The standard InChI is InChI=1S/C20H17ClN6O/c21-18-7-3-4-8-19(18)27-12-17(10-24-27)20(28)23-9-15-5-1-2-6-16(15)11-26-14-22-13-25-26/h1-8,10,12-14H,9,11H2,(H,23,28). The van der Waals surface area contributed by atoms with Gasteiger partial charge in [0.1, 0.15) is 12.7 Å². The first-order valence-electron chi connectivity index (χ1n) is 8.67. The average Bonchev–Trinajstić information content (AvgIpc) is 3.40. The van der Waals surface area contributed by atoms with Gasteiger partial charge in [-0.2, -0.15) is 10.2 Å². The minimum Gasteiger partial charge on any atom is -0.348 e. The molecule has 0 aliphatic heterocycles. The Balaban J connectivity index is 1.45. The SMILES string of the molecule is O=C(NCc1ccccc1Cn1cncn1)c1cnn(-c2ccccc2Cl)c1. The van der Waals surface area contributed by atoms with Gasteiger partial charge in [0.05, 0.1) is 29.0 Å². The summed E-state index contributed by atoms with van der Waals surface area (Å²) in [6.45, 7) is 0.997. The van der Waals surface area contributed by atoms with Gasteiger partial charge in [-0.05, 0) is 23.3 Å². The average molecular weight is 393 g/mol. The van der Waals surface area contributed by atoms with E-state index in [1.54, 1.807) is 28.0 Å². The van der Waals surface area contributed by atoms with Crippen molar-refractivity contribution in [2.45, 2.75) is 13.1 Å². The van der Waals surface area contributed by atoms with Gasteiger partial charge in [0, 0.05) is 12.7 Å². The number of carbonyl (C=O) groups excluding carboxylic acids is 1. The van der Waals surface area contributed by atoms with Crippen molar-refractivity contribution in [3.8, 4) is 5.69 Å². The second-order valence-electron chi connectivity index (χ2n) is 6.17. The Bertz CT molecular complexity index is 1090. The molecule has 0 aliphatic rings. The first-order chi connectivity index (χ1) is 13.7. The normalized spacial score (nSPS) is 10.8. The summed E-state index contributed by atoms with van der Waals surface area (Å²) in [5, 5.41) is 11.9. The monoisotopic (exact) mass is 392 g/mol. The summed E-state index contributed by atoms with van der Waals surface area (Å²) < 4.78 is 3.34. The van der Waals surface area contributed by atoms with Crippen LogP contribution < -0.4 is 5.32 Å². The molecule has 0 aliphatic carbocycles. The maximum Gasteiger partial charge on any atom is 0.254 e.